The van der Waals surface area contributed by atoms with Crippen molar-refractivity contribution >= 4 is 33.0 Å². The van der Waals surface area contributed by atoms with Gasteiger partial charge in [-0.25, -0.2) is 13.2 Å². The molecular weight excluding hydrogens is 286 g/mol. The normalized spacial score (nSPS) is 11.2. The Labute approximate surface area is 114 Å². The van der Waals surface area contributed by atoms with Gasteiger partial charge in [0.1, 0.15) is 4.21 Å². The Kier molecular flexibility index (Phi) is 3.59. The van der Waals surface area contributed by atoms with Gasteiger partial charge >= 0.3 is 5.97 Å². The van der Waals surface area contributed by atoms with Crippen molar-refractivity contribution in [1.82, 2.24) is 0 Å². The van der Waals surface area contributed by atoms with E-state index in [4.69, 9.17) is 5.11 Å². The van der Waals surface area contributed by atoms with Gasteiger partial charge in [0, 0.05) is 5.69 Å². The van der Waals surface area contributed by atoms with Crippen molar-refractivity contribution in [2.24, 2.45) is 0 Å². The summed E-state index contributed by atoms with van der Waals surface area (Å²) < 4.78 is 26.6. The summed E-state index contributed by atoms with van der Waals surface area (Å²) in [6.07, 6.45) is 0. The van der Waals surface area contributed by atoms with Crippen LogP contribution in [-0.4, -0.2) is 19.5 Å². The molecule has 0 amide bonds. The molecule has 1 heterocycles. The topological polar surface area (TPSA) is 83.5 Å². The second-order valence-electron chi connectivity index (χ2n) is 3.87. The molecule has 2 N–H and O–H groups in total. The number of hydrogen-bond acceptors (Lipinski definition) is 4. The molecule has 0 bridgehead atoms. The van der Waals surface area contributed by atoms with Crippen LogP contribution in [0, 0.1) is 6.92 Å². The van der Waals surface area contributed by atoms with Gasteiger partial charge in [0.15, 0.2) is 0 Å². The Morgan fingerprint density at radius 3 is 2.58 bits per heavy atom. The van der Waals surface area contributed by atoms with Crippen LogP contribution >= 0.6 is 11.3 Å². The van der Waals surface area contributed by atoms with Crippen molar-refractivity contribution in [1.29, 1.82) is 0 Å². The van der Waals surface area contributed by atoms with E-state index in [1.807, 2.05) is 0 Å². The molecule has 0 radical (unpaired) electrons. The average Bonchev–Trinajstić information content (AvgIpc) is 2.81. The molecule has 5 nitrogen and oxygen atoms in total. The molecule has 0 fully saturated rings. The van der Waals surface area contributed by atoms with Crippen LogP contribution in [0.3, 0.4) is 0 Å². The number of carboxylic acids is 1. The third-order valence-corrected chi connectivity index (χ3v) is 5.25. The molecule has 1 aromatic heterocycles. The van der Waals surface area contributed by atoms with Crippen LogP contribution < -0.4 is 4.72 Å². The highest BCUT2D eigenvalue weighted by atomic mass is 32.2. The van der Waals surface area contributed by atoms with Crippen LogP contribution in [0.15, 0.2) is 39.9 Å². The summed E-state index contributed by atoms with van der Waals surface area (Å²) >= 11 is 1.12. The zero-order valence-corrected chi connectivity index (χ0v) is 11.6. The average molecular weight is 297 g/mol. The summed E-state index contributed by atoms with van der Waals surface area (Å²) in [5, 5.41) is 10.6. The first-order valence-electron chi connectivity index (χ1n) is 5.30. The smallest absolute Gasteiger partial charge is 0.335 e. The largest absolute Gasteiger partial charge is 0.478 e. The van der Waals surface area contributed by atoms with Gasteiger partial charge in [0.25, 0.3) is 10.0 Å². The number of anilines is 1. The van der Waals surface area contributed by atoms with Crippen molar-refractivity contribution in [3.63, 3.8) is 0 Å². The quantitative estimate of drug-likeness (QED) is 0.908. The molecule has 2 aromatic rings. The summed E-state index contributed by atoms with van der Waals surface area (Å²) in [7, 11) is -3.60. The zero-order valence-electron chi connectivity index (χ0n) is 9.95. The van der Waals surface area contributed by atoms with Gasteiger partial charge in [-0.05, 0) is 42.1 Å². The number of thiophene rings is 1. The number of sulfonamides is 1. The maximum atomic E-state index is 12.0. The zero-order chi connectivity index (χ0) is 14.0. The van der Waals surface area contributed by atoms with E-state index in [0.717, 1.165) is 11.3 Å². The fraction of sp³-hybridized carbons (Fsp3) is 0.0833. The number of nitrogens with one attached hydrogen (secondary N) is 1. The maximum absolute atomic E-state index is 12.0. The van der Waals surface area contributed by atoms with Crippen LogP contribution in [0.1, 0.15) is 15.9 Å². The highest BCUT2D eigenvalue weighted by Gasteiger charge is 2.16. The third-order valence-electron chi connectivity index (χ3n) is 2.47. The molecule has 0 aliphatic rings. The van der Waals surface area contributed by atoms with Gasteiger partial charge in [-0.15, -0.1) is 11.3 Å². The van der Waals surface area contributed by atoms with Crippen LogP contribution in [0.25, 0.3) is 0 Å². The third kappa shape index (κ3) is 2.94. The van der Waals surface area contributed by atoms with Gasteiger partial charge in [-0.3, -0.25) is 4.72 Å². The molecule has 0 unspecified atom stereocenters. The molecule has 2 rings (SSSR count). The van der Waals surface area contributed by atoms with E-state index in [0.29, 0.717) is 11.3 Å². The van der Waals surface area contributed by atoms with Gasteiger partial charge in [0.05, 0.1) is 5.56 Å². The first-order chi connectivity index (χ1) is 8.90. The van der Waals surface area contributed by atoms with Crippen LogP contribution in [0.2, 0.25) is 0 Å². The predicted octanol–water partition coefficient (Wildman–Crippen LogP) is 2.56. The molecule has 0 saturated heterocycles. The molecule has 0 saturated carbocycles. The number of carboxylic acid groups (broad SMARTS) is 1. The van der Waals surface area contributed by atoms with Gasteiger partial charge in [0.2, 0.25) is 0 Å². The molecule has 0 spiro atoms. The number of aromatic carboxylic acids is 1. The van der Waals surface area contributed by atoms with Crippen LogP contribution in [-0.2, 0) is 10.0 Å². The first-order valence-corrected chi connectivity index (χ1v) is 7.67. The highest BCUT2D eigenvalue weighted by molar-refractivity contribution is 7.94. The lowest BCUT2D eigenvalue weighted by molar-refractivity contribution is 0.0696. The van der Waals surface area contributed by atoms with E-state index in [2.05, 4.69) is 4.72 Å². The van der Waals surface area contributed by atoms with E-state index < -0.39 is 16.0 Å². The SMILES string of the molecule is Cc1cc(NS(=O)(=O)c2cccs2)ccc1C(=O)O. The Morgan fingerprint density at radius 2 is 2.05 bits per heavy atom. The molecule has 1 aromatic carbocycles. The van der Waals surface area contributed by atoms with Gasteiger partial charge in [-0.2, -0.15) is 0 Å². The highest BCUT2D eigenvalue weighted by Crippen LogP contribution is 2.22. The maximum Gasteiger partial charge on any atom is 0.335 e. The van der Waals surface area contributed by atoms with Gasteiger partial charge in [-0.1, -0.05) is 6.07 Å². The molecule has 19 heavy (non-hydrogen) atoms. The minimum absolute atomic E-state index is 0.152. The minimum Gasteiger partial charge on any atom is -0.478 e. The summed E-state index contributed by atoms with van der Waals surface area (Å²) in [6.45, 7) is 1.62. The lowest BCUT2D eigenvalue weighted by atomic mass is 10.1. The lowest BCUT2D eigenvalue weighted by Gasteiger charge is -2.08. The molecule has 7 heteroatoms. The molecule has 0 aliphatic carbocycles. The number of aryl methyl sites for hydroxylation is 1. The summed E-state index contributed by atoms with van der Waals surface area (Å²) in [4.78, 5) is 10.9. The standard InChI is InChI=1S/C12H11NO4S2/c1-8-7-9(4-5-10(8)12(14)15)13-19(16,17)11-3-2-6-18-11/h2-7,13H,1H3,(H,14,15). The summed E-state index contributed by atoms with van der Waals surface area (Å²) in [5.41, 5.74) is 0.994. The lowest BCUT2D eigenvalue weighted by Crippen LogP contribution is -2.12. The Morgan fingerprint density at radius 1 is 1.32 bits per heavy atom. The van der Waals surface area contributed by atoms with E-state index in [1.54, 1.807) is 18.4 Å². The first kappa shape index (κ1) is 13.6. The van der Waals surface area contributed by atoms with Crippen LogP contribution in [0.5, 0.6) is 0 Å². The van der Waals surface area contributed by atoms with Crippen molar-refractivity contribution < 1.29 is 18.3 Å². The predicted molar refractivity (Wildman–Crippen MR) is 73.3 cm³/mol. The molecule has 0 aliphatic heterocycles. The van der Waals surface area contributed by atoms with Crippen molar-refractivity contribution in [2.75, 3.05) is 4.72 Å². The Hall–Kier alpha value is -1.86. The van der Waals surface area contributed by atoms with E-state index in [-0.39, 0.29) is 9.77 Å². The fourth-order valence-electron chi connectivity index (χ4n) is 1.59. The number of benzene rings is 1. The monoisotopic (exact) mass is 297 g/mol. The second kappa shape index (κ2) is 5.02. The van der Waals surface area contributed by atoms with Crippen molar-refractivity contribution in [3.8, 4) is 0 Å². The Bertz CT molecular complexity index is 705. The van der Waals surface area contributed by atoms with Crippen molar-refractivity contribution in [3.05, 3.63) is 46.8 Å². The summed E-state index contributed by atoms with van der Waals surface area (Å²) in [5.74, 6) is -1.04. The van der Waals surface area contributed by atoms with Gasteiger partial charge < -0.3 is 5.11 Å². The van der Waals surface area contributed by atoms with E-state index >= 15 is 0 Å². The summed E-state index contributed by atoms with van der Waals surface area (Å²) in [6, 6.07) is 7.46. The molecule has 0 atom stereocenters. The van der Waals surface area contributed by atoms with E-state index in [9.17, 15) is 13.2 Å². The van der Waals surface area contributed by atoms with Crippen molar-refractivity contribution in [2.45, 2.75) is 11.1 Å². The minimum atomic E-state index is -3.60. The number of hydrogen-bond donors (Lipinski definition) is 2. The number of rotatable bonds is 4. The second-order valence-corrected chi connectivity index (χ2v) is 6.73. The Balaban J connectivity index is 2.30. The van der Waals surface area contributed by atoms with E-state index in [1.165, 1.54) is 24.3 Å². The number of carbonyl (C=O) groups is 1. The molecule has 100 valence electrons. The fourth-order valence-corrected chi connectivity index (χ4v) is 3.63. The van der Waals surface area contributed by atoms with Crippen LogP contribution in [0.4, 0.5) is 5.69 Å². The molecular formula is C12H11NO4S2.